The topological polar surface area (TPSA) is 75.6 Å². The third-order valence-corrected chi connectivity index (χ3v) is 2.31. The molecule has 0 radical (unpaired) electrons. The molecule has 1 aliphatic carbocycles. The summed E-state index contributed by atoms with van der Waals surface area (Å²) in [5.41, 5.74) is -1.09. The van der Waals surface area contributed by atoms with Crippen LogP contribution in [0.3, 0.4) is 0 Å². The largest absolute Gasteiger partial charge is 0.480 e. The van der Waals surface area contributed by atoms with Crippen molar-refractivity contribution in [2.45, 2.75) is 31.4 Å². The molecule has 1 fully saturated rings. The molecule has 13 heavy (non-hydrogen) atoms. The van der Waals surface area contributed by atoms with Crippen molar-refractivity contribution in [3.63, 3.8) is 0 Å². The SMILES string of the molecule is COC1CC(NC(C)=O)(C(=O)O)C1. The van der Waals surface area contributed by atoms with Crippen LogP contribution in [0.15, 0.2) is 0 Å². The molecule has 0 atom stereocenters. The number of carboxylic acid groups (broad SMARTS) is 1. The molecule has 0 bridgehead atoms. The van der Waals surface area contributed by atoms with Crippen molar-refractivity contribution in [3.8, 4) is 0 Å². The predicted molar refractivity (Wildman–Crippen MR) is 44.2 cm³/mol. The highest BCUT2D eigenvalue weighted by Crippen LogP contribution is 2.34. The lowest BCUT2D eigenvalue weighted by molar-refractivity contribution is -0.159. The van der Waals surface area contributed by atoms with E-state index in [1.807, 2.05) is 0 Å². The second-order valence-corrected chi connectivity index (χ2v) is 3.33. The first kappa shape index (κ1) is 9.98. The van der Waals surface area contributed by atoms with E-state index in [1.165, 1.54) is 14.0 Å². The fraction of sp³-hybridized carbons (Fsp3) is 0.750. The van der Waals surface area contributed by atoms with Gasteiger partial charge in [-0.05, 0) is 0 Å². The van der Waals surface area contributed by atoms with E-state index in [9.17, 15) is 9.59 Å². The smallest absolute Gasteiger partial charge is 0.329 e. The molecule has 1 saturated carbocycles. The molecule has 2 N–H and O–H groups in total. The second-order valence-electron chi connectivity index (χ2n) is 3.33. The molecule has 74 valence electrons. The van der Waals surface area contributed by atoms with E-state index in [0.717, 1.165) is 0 Å². The van der Waals surface area contributed by atoms with Crippen LogP contribution in [-0.2, 0) is 14.3 Å². The molecule has 5 heteroatoms. The van der Waals surface area contributed by atoms with Crippen molar-refractivity contribution in [3.05, 3.63) is 0 Å². The van der Waals surface area contributed by atoms with Gasteiger partial charge in [-0.1, -0.05) is 0 Å². The fourth-order valence-electron chi connectivity index (χ4n) is 1.55. The molecule has 1 aliphatic rings. The summed E-state index contributed by atoms with van der Waals surface area (Å²) in [6, 6.07) is 0. The minimum Gasteiger partial charge on any atom is -0.480 e. The average Bonchev–Trinajstić information content (AvgIpc) is 1.94. The summed E-state index contributed by atoms with van der Waals surface area (Å²) in [6.45, 7) is 1.31. The minimum atomic E-state index is -1.09. The predicted octanol–water partition coefficient (Wildman–Crippen LogP) is -0.245. The molecular weight excluding hydrogens is 174 g/mol. The van der Waals surface area contributed by atoms with Crippen molar-refractivity contribution in [2.24, 2.45) is 0 Å². The lowest BCUT2D eigenvalue weighted by Gasteiger charge is -2.43. The summed E-state index contributed by atoms with van der Waals surface area (Å²) in [5, 5.41) is 11.3. The number of carboxylic acids is 1. The highest BCUT2D eigenvalue weighted by molar-refractivity contribution is 5.87. The Morgan fingerprint density at radius 3 is 2.38 bits per heavy atom. The molecule has 0 aromatic carbocycles. The molecule has 1 rings (SSSR count). The van der Waals surface area contributed by atoms with Crippen LogP contribution in [0, 0.1) is 0 Å². The van der Waals surface area contributed by atoms with Crippen LogP contribution in [0.2, 0.25) is 0 Å². The van der Waals surface area contributed by atoms with Gasteiger partial charge in [-0.25, -0.2) is 4.79 Å². The van der Waals surface area contributed by atoms with E-state index < -0.39 is 11.5 Å². The molecule has 0 spiro atoms. The van der Waals surface area contributed by atoms with Crippen LogP contribution in [0.25, 0.3) is 0 Å². The lowest BCUT2D eigenvalue weighted by Crippen LogP contribution is -2.64. The van der Waals surface area contributed by atoms with E-state index in [0.29, 0.717) is 12.8 Å². The van der Waals surface area contributed by atoms with Crippen molar-refractivity contribution in [1.29, 1.82) is 0 Å². The molecule has 0 heterocycles. The van der Waals surface area contributed by atoms with Crippen molar-refractivity contribution >= 4 is 11.9 Å². The monoisotopic (exact) mass is 187 g/mol. The first-order valence-electron chi connectivity index (χ1n) is 4.05. The molecule has 1 amide bonds. The van der Waals surface area contributed by atoms with E-state index in [1.54, 1.807) is 0 Å². The Hall–Kier alpha value is -1.10. The Morgan fingerprint density at radius 1 is 1.54 bits per heavy atom. The van der Waals surface area contributed by atoms with Crippen LogP contribution >= 0.6 is 0 Å². The number of ether oxygens (including phenoxy) is 1. The normalized spacial score (nSPS) is 32.0. The Labute approximate surface area is 76.1 Å². The first-order valence-corrected chi connectivity index (χ1v) is 4.05. The van der Waals surface area contributed by atoms with Crippen LogP contribution in [0.4, 0.5) is 0 Å². The Morgan fingerprint density at radius 2 is 2.08 bits per heavy atom. The van der Waals surface area contributed by atoms with E-state index in [2.05, 4.69) is 5.32 Å². The number of carbonyl (C=O) groups excluding carboxylic acids is 1. The summed E-state index contributed by atoms with van der Waals surface area (Å²) in [7, 11) is 1.53. The van der Waals surface area contributed by atoms with Crippen LogP contribution in [0.1, 0.15) is 19.8 Å². The van der Waals surface area contributed by atoms with Gasteiger partial charge in [0, 0.05) is 26.9 Å². The van der Waals surface area contributed by atoms with Crippen LogP contribution < -0.4 is 5.32 Å². The Bertz CT molecular complexity index is 232. The molecule has 0 unspecified atom stereocenters. The minimum absolute atomic E-state index is 0.0528. The van der Waals surface area contributed by atoms with Gasteiger partial charge in [-0.3, -0.25) is 4.79 Å². The lowest BCUT2D eigenvalue weighted by atomic mass is 9.74. The first-order chi connectivity index (χ1) is 6.00. The molecule has 0 aliphatic heterocycles. The number of hydrogen-bond donors (Lipinski definition) is 2. The van der Waals surface area contributed by atoms with Crippen LogP contribution in [0.5, 0.6) is 0 Å². The Balaban J connectivity index is 2.60. The third kappa shape index (κ3) is 1.80. The zero-order chi connectivity index (χ0) is 10.1. The number of methoxy groups -OCH3 is 1. The number of amides is 1. The number of aliphatic carboxylic acids is 1. The van der Waals surface area contributed by atoms with Gasteiger partial charge in [0.15, 0.2) is 0 Å². The summed E-state index contributed by atoms with van der Waals surface area (Å²) in [5.74, 6) is -1.31. The zero-order valence-electron chi connectivity index (χ0n) is 7.66. The fourth-order valence-corrected chi connectivity index (χ4v) is 1.55. The molecule has 0 saturated heterocycles. The molecule has 0 aromatic heterocycles. The van der Waals surface area contributed by atoms with E-state index in [-0.39, 0.29) is 12.0 Å². The highest BCUT2D eigenvalue weighted by Gasteiger charge is 2.51. The van der Waals surface area contributed by atoms with Crippen molar-refractivity contribution in [2.75, 3.05) is 7.11 Å². The third-order valence-electron chi connectivity index (χ3n) is 2.31. The van der Waals surface area contributed by atoms with Gasteiger partial charge in [0.1, 0.15) is 5.54 Å². The van der Waals surface area contributed by atoms with Gasteiger partial charge in [0.2, 0.25) is 5.91 Å². The van der Waals surface area contributed by atoms with Gasteiger partial charge < -0.3 is 15.2 Å². The quantitative estimate of drug-likeness (QED) is 0.639. The van der Waals surface area contributed by atoms with Crippen molar-refractivity contribution in [1.82, 2.24) is 5.32 Å². The number of nitrogens with one attached hydrogen (secondary N) is 1. The highest BCUT2D eigenvalue weighted by atomic mass is 16.5. The summed E-state index contributed by atoms with van der Waals surface area (Å²) >= 11 is 0. The van der Waals surface area contributed by atoms with Gasteiger partial charge in [-0.15, -0.1) is 0 Å². The summed E-state index contributed by atoms with van der Waals surface area (Å²) in [4.78, 5) is 21.6. The maximum Gasteiger partial charge on any atom is 0.329 e. The zero-order valence-corrected chi connectivity index (χ0v) is 7.66. The molecule has 5 nitrogen and oxygen atoms in total. The molecular formula is C8H13NO4. The van der Waals surface area contributed by atoms with Gasteiger partial charge in [-0.2, -0.15) is 0 Å². The summed E-state index contributed by atoms with van der Waals surface area (Å²) in [6.07, 6.45) is 0.638. The molecule has 0 aromatic rings. The maximum absolute atomic E-state index is 10.8. The summed E-state index contributed by atoms with van der Waals surface area (Å²) < 4.78 is 4.96. The second kappa shape index (κ2) is 3.33. The van der Waals surface area contributed by atoms with Gasteiger partial charge in [0.05, 0.1) is 6.10 Å². The van der Waals surface area contributed by atoms with Gasteiger partial charge >= 0.3 is 5.97 Å². The van der Waals surface area contributed by atoms with Crippen molar-refractivity contribution < 1.29 is 19.4 Å². The maximum atomic E-state index is 10.8. The number of rotatable bonds is 3. The van der Waals surface area contributed by atoms with Gasteiger partial charge in [0.25, 0.3) is 0 Å². The number of hydrogen-bond acceptors (Lipinski definition) is 3. The van der Waals surface area contributed by atoms with Crippen LogP contribution in [-0.4, -0.2) is 35.7 Å². The van der Waals surface area contributed by atoms with E-state index >= 15 is 0 Å². The number of carbonyl (C=O) groups is 2. The van der Waals surface area contributed by atoms with E-state index in [4.69, 9.17) is 9.84 Å². The average molecular weight is 187 g/mol. The Kier molecular flexibility index (Phi) is 2.56. The standard InChI is InChI=1S/C8H13NO4/c1-5(10)9-8(7(11)12)3-6(4-8)13-2/h6H,3-4H2,1-2H3,(H,9,10)(H,11,12).